The van der Waals surface area contributed by atoms with Crippen molar-refractivity contribution in [3.63, 3.8) is 0 Å². The highest BCUT2D eigenvalue weighted by Gasteiger charge is 2.21. The van der Waals surface area contributed by atoms with Gasteiger partial charge in [-0.1, -0.05) is 0 Å². The van der Waals surface area contributed by atoms with E-state index in [4.69, 9.17) is 20.5 Å². The molecule has 0 saturated carbocycles. The Morgan fingerprint density at radius 2 is 1.70 bits per heavy atom. The van der Waals surface area contributed by atoms with Crippen molar-refractivity contribution in [2.24, 2.45) is 10.2 Å². The smallest absolute Gasteiger partial charge is 0.341 e. The molecule has 2 aromatic rings. The molecule has 0 spiro atoms. The van der Waals surface area contributed by atoms with Crippen LogP contribution in [0.5, 0.6) is 0 Å². The fourth-order valence-corrected chi connectivity index (χ4v) is 2.91. The Morgan fingerprint density at radius 1 is 1.06 bits per heavy atom. The molecule has 0 fully saturated rings. The van der Waals surface area contributed by atoms with Gasteiger partial charge >= 0.3 is 5.97 Å². The number of ether oxygens (including phenoxy) is 1. The van der Waals surface area contributed by atoms with E-state index in [-0.39, 0.29) is 16.9 Å². The molecule has 0 unspecified atom stereocenters. The van der Waals surface area contributed by atoms with Crippen LogP contribution in [0.1, 0.15) is 28.8 Å². The summed E-state index contributed by atoms with van der Waals surface area (Å²) in [4.78, 5) is 24.7. The quantitative estimate of drug-likeness (QED) is 0.220. The van der Waals surface area contributed by atoms with Gasteiger partial charge in [-0.05, 0) is 36.8 Å². The van der Waals surface area contributed by atoms with Crippen molar-refractivity contribution >= 4 is 28.7 Å². The van der Waals surface area contributed by atoms with Crippen molar-refractivity contribution in [2.45, 2.75) is 19.8 Å². The lowest BCUT2D eigenvalue weighted by Crippen LogP contribution is -2.25. The molecule has 0 saturated heterocycles. The average Bonchev–Trinajstić information content (AvgIpc) is 2.81. The lowest BCUT2D eigenvalue weighted by atomic mass is 10.1. The zero-order chi connectivity index (χ0) is 24.2. The number of carbonyl (C=O) groups excluding carboxylic acids is 1. The number of aryl methyl sites for hydroxylation is 1. The number of rotatable bonds is 10. The van der Waals surface area contributed by atoms with Gasteiger partial charge in [0, 0.05) is 30.9 Å². The third kappa shape index (κ3) is 6.84. The molecule has 0 aromatic heterocycles. The standard InChI is InChI=1S/C22H19N7O4/c1-16-14-19(29(31)32)15-20(22(30)33-13-10-25)21(16)27-26-17-4-6-18(7-5-17)28(11-2-8-23)12-3-9-24/h4-7,14-15H,2-3,11-13H2,1H3. The van der Waals surface area contributed by atoms with Crippen LogP contribution in [0.15, 0.2) is 46.6 Å². The van der Waals surface area contributed by atoms with E-state index in [2.05, 4.69) is 22.4 Å². The summed E-state index contributed by atoms with van der Waals surface area (Å²) in [5, 5.41) is 45.7. The third-order valence-corrected chi connectivity index (χ3v) is 4.45. The predicted molar refractivity (Wildman–Crippen MR) is 117 cm³/mol. The first-order valence-corrected chi connectivity index (χ1v) is 9.75. The van der Waals surface area contributed by atoms with Crippen LogP contribution in [0, 0.1) is 51.0 Å². The van der Waals surface area contributed by atoms with Crippen molar-refractivity contribution in [3.8, 4) is 18.2 Å². The third-order valence-electron chi connectivity index (χ3n) is 4.45. The molecular weight excluding hydrogens is 426 g/mol. The summed E-state index contributed by atoms with van der Waals surface area (Å²) in [6.45, 7) is 2.00. The number of carbonyl (C=O) groups is 1. The Kier molecular flexibility index (Phi) is 8.99. The van der Waals surface area contributed by atoms with E-state index in [1.807, 2.05) is 4.90 Å². The number of benzene rings is 2. The van der Waals surface area contributed by atoms with Gasteiger partial charge in [0.1, 0.15) is 11.8 Å². The first-order chi connectivity index (χ1) is 15.9. The van der Waals surface area contributed by atoms with Crippen LogP contribution in [0.4, 0.5) is 22.7 Å². The van der Waals surface area contributed by atoms with E-state index in [1.165, 1.54) is 6.07 Å². The van der Waals surface area contributed by atoms with Crippen LogP contribution in [-0.2, 0) is 4.74 Å². The Labute approximate surface area is 189 Å². The second kappa shape index (κ2) is 12.1. The van der Waals surface area contributed by atoms with Crippen LogP contribution in [0.25, 0.3) is 0 Å². The summed E-state index contributed by atoms with van der Waals surface area (Å²) >= 11 is 0. The van der Waals surface area contributed by atoms with E-state index < -0.39 is 17.5 Å². The molecule has 0 aliphatic heterocycles. The topological polar surface area (TPSA) is 169 Å². The van der Waals surface area contributed by atoms with E-state index in [9.17, 15) is 14.9 Å². The van der Waals surface area contributed by atoms with Crippen molar-refractivity contribution in [1.82, 2.24) is 0 Å². The van der Waals surface area contributed by atoms with Crippen LogP contribution < -0.4 is 4.90 Å². The Morgan fingerprint density at radius 3 is 2.24 bits per heavy atom. The monoisotopic (exact) mass is 445 g/mol. The second-order valence-corrected chi connectivity index (χ2v) is 6.67. The molecular formula is C22H19N7O4. The SMILES string of the molecule is Cc1cc([N+](=O)[O-])cc(C(=O)OCC#N)c1N=Nc1ccc(N(CCC#N)CCC#N)cc1. The van der Waals surface area contributed by atoms with Gasteiger partial charge in [0.2, 0.25) is 0 Å². The van der Waals surface area contributed by atoms with Crippen molar-refractivity contribution in [1.29, 1.82) is 15.8 Å². The Balaban J connectivity index is 2.33. The molecule has 166 valence electrons. The molecule has 0 atom stereocenters. The van der Waals surface area contributed by atoms with Gasteiger partial charge in [0.05, 0.1) is 41.2 Å². The second-order valence-electron chi connectivity index (χ2n) is 6.67. The molecule has 2 rings (SSSR count). The van der Waals surface area contributed by atoms with Crippen molar-refractivity contribution < 1.29 is 14.5 Å². The number of hydrogen-bond donors (Lipinski definition) is 0. The number of nitrogens with zero attached hydrogens (tertiary/aromatic N) is 7. The van der Waals surface area contributed by atoms with Gasteiger partial charge in [-0.25, -0.2) is 4.79 Å². The Hall–Kier alpha value is -4.82. The van der Waals surface area contributed by atoms with Gasteiger partial charge in [-0.3, -0.25) is 10.1 Å². The Bertz CT molecular complexity index is 1150. The summed E-state index contributed by atoms with van der Waals surface area (Å²) in [5.74, 6) is -0.918. The average molecular weight is 445 g/mol. The zero-order valence-corrected chi connectivity index (χ0v) is 17.8. The van der Waals surface area contributed by atoms with E-state index in [0.29, 0.717) is 37.2 Å². The van der Waals surface area contributed by atoms with Crippen molar-refractivity contribution in [3.05, 3.63) is 57.6 Å². The maximum Gasteiger partial charge on any atom is 0.341 e. The first-order valence-electron chi connectivity index (χ1n) is 9.75. The molecule has 2 aromatic carbocycles. The number of esters is 1. The molecule has 0 aliphatic carbocycles. The number of nitro groups is 1. The van der Waals surface area contributed by atoms with Gasteiger partial charge in [0.15, 0.2) is 6.61 Å². The minimum absolute atomic E-state index is 0.0947. The summed E-state index contributed by atoms with van der Waals surface area (Å²) in [6.07, 6.45) is 0.633. The minimum Gasteiger partial charge on any atom is -0.447 e. The van der Waals surface area contributed by atoms with Gasteiger partial charge in [-0.15, -0.1) is 5.11 Å². The highest BCUT2D eigenvalue weighted by molar-refractivity contribution is 5.96. The number of hydrogen-bond acceptors (Lipinski definition) is 10. The summed E-state index contributed by atoms with van der Waals surface area (Å²) in [5.41, 5.74) is 1.22. The fourth-order valence-electron chi connectivity index (χ4n) is 2.91. The van der Waals surface area contributed by atoms with E-state index in [0.717, 1.165) is 11.8 Å². The van der Waals surface area contributed by atoms with Gasteiger partial charge < -0.3 is 9.64 Å². The summed E-state index contributed by atoms with van der Waals surface area (Å²) in [6, 6.07) is 15.0. The van der Waals surface area contributed by atoms with Crippen LogP contribution in [0.3, 0.4) is 0 Å². The largest absolute Gasteiger partial charge is 0.447 e. The summed E-state index contributed by atoms with van der Waals surface area (Å²) in [7, 11) is 0. The lowest BCUT2D eigenvalue weighted by molar-refractivity contribution is -0.384. The molecule has 0 bridgehead atoms. The first kappa shape index (κ1) is 24.4. The van der Waals surface area contributed by atoms with E-state index in [1.54, 1.807) is 37.3 Å². The molecule has 11 nitrogen and oxygen atoms in total. The highest BCUT2D eigenvalue weighted by Crippen LogP contribution is 2.32. The van der Waals surface area contributed by atoms with E-state index >= 15 is 0 Å². The minimum atomic E-state index is -0.918. The predicted octanol–water partition coefficient (Wildman–Crippen LogP) is 4.63. The van der Waals surface area contributed by atoms with Gasteiger partial charge in [0.25, 0.3) is 5.69 Å². The lowest BCUT2D eigenvalue weighted by Gasteiger charge is -2.22. The molecule has 0 aliphatic rings. The number of nitro benzene ring substituents is 1. The number of nitriles is 3. The molecule has 0 radical (unpaired) electrons. The number of non-ortho nitro benzene ring substituents is 1. The number of azo groups is 1. The molecule has 11 heteroatoms. The van der Waals surface area contributed by atoms with Crippen LogP contribution in [-0.4, -0.2) is 30.6 Å². The molecule has 0 heterocycles. The molecule has 0 N–H and O–H groups in total. The fraction of sp³-hybridized carbons (Fsp3) is 0.273. The molecule has 33 heavy (non-hydrogen) atoms. The summed E-state index contributed by atoms with van der Waals surface area (Å²) < 4.78 is 4.79. The van der Waals surface area contributed by atoms with Gasteiger partial charge in [-0.2, -0.15) is 20.9 Å². The maximum atomic E-state index is 12.3. The highest BCUT2D eigenvalue weighted by atomic mass is 16.6. The maximum absolute atomic E-state index is 12.3. The van der Waals surface area contributed by atoms with Crippen LogP contribution in [0.2, 0.25) is 0 Å². The zero-order valence-electron chi connectivity index (χ0n) is 17.8. The number of anilines is 1. The van der Waals surface area contributed by atoms with Crippen molar-refractivity contribution in [2.75, 3.05) is 24.6 Å². The van der Waals surface area contributed by atoms with Crippen LogP contribution >= 0.6 is 0 Å². The molecule has 0 amide bonds. The normalized spacial score (nSPS) is 10.1.